The van der Waals surface area contributed by atoms with E-state index < -0.39 is 11.6 Å². The number of carbonyl (C=O) groups excluding carboxylic acids is 2. The number of hydrogen-bond donors (Lipinski definition) is 1. The van der Waals surface area contributed by atoms with Gasteiger partial charge in [-0.05, 0) is 38.8 Å². The van der Waals surface area contributed by atoms with Crippen molar-refractivity contribution in [1.29, 1.82) is 0 Å². The molecule has 23 heavy (non-hydrogen) atoms. The number of nitrogens with zero attached hydrogens (tertiary/aromatic N) is 2. The lowest BCUT2D eigenvalue weighted by atomic mass is 9.99. The number of amides is 3. The van der Waals surface area contributed by atoms with Gasteiger partial charge in [0.2, 0.25) is 0 Å². The Bertz CT molecular complexity index is 751. The molecule has 3 heterocycles. The van der Waals surface area contributed by atoms with Crippen molar-refractivity contribution in [3.05, 3.63) is 39.7 Å². The summed E-state index contributed by atoms with van der Waals surface area (Å²) < 4.78 is 5.55. The second-order valence-corrected chi connectivity index (χ2v) is 6.78. The largest absolute Gasteiger partial charge is 0.463 e. The van der Waals surface area contributed by atoms with Crippen molar-refractivity contribution < 1.29 is 14.0 Å². The van der Waals surface area contributed by atoms with E-state index in [1.165, 1.54) is 4.90 Å². The Balaban J connectivity index is 1.81. The van der Waals surface area contributed by atoms with E-state index in [-0.39, 0.29) is 12.5 Å². The highest BCUT2D eigenvalue weighted by molar-refractivity contribution is 7.09. The van der Waals surface area contributed by atoms with Gasteiger partial charge in [0.15, 0.2) is 5.54 Å². The van der Waals surface area contributed by atoms with E-state index in [4.69, 9.17) is 4.42 Å². The lowest BCUT2D eigenvalue weighted by Crippen LogP contribution is -2.40. The van der Waals surface area contributed by atoms with E-state index in [9.17, 15) is 9.59 Å². The molecule has 7 heteroatoms. The van der Waals surface area contributed by atoms with Gasteiger partial charge in [0.05, 0.1) is 17.2 Å². The summed E-state index contributed by atoms with van der Waals surface area (Å²) in [5, 5.41) is 5.66. The van der Waals surface area contributed by atoms with Gasteiger partial charge in [-0.2, -0.15) is 0 Å². The van der Waals surface area contributed by atoms with Crippen molar-refractivity contribution in [3.8, 4) is 0 Å². The fourth-order valence-electron chi connectivity index (χ4n) is 2.62. The van der Waals surface area contributed by atoms with Crippen LogP contribution in [0.3, 0.4) is 0 Å². The molecule has 2 aromatic rings. The molecule has 0 bridgehead atoms. The summed E-state index contributed by atoms with van der Waals surface area (Å²) >= 11 is 1.56. The predicted molar refractivity (Wildman–Crippen MR) is 86.0 cm³/mol. The average molecular weight is 333 g/mol. The first-order valence-electron chi connectivity index (χ1n) is 7.58. The molecule has 0 radical (unpaired) electrons. The summed E-state index contributed by atoms with van der Waals surface area (Å²) in [6.45, 7) is 5.74. The monoisotopic (exact) mass is 333 g/mol. The second kappa shape index (κ2) is 5.81. The highest BCUT2D eigenvalue weighted by Crippen LogP contribution is 2.31. The number of carbonyl (C=O) groups is 2. The van der Waals surface area contributed by atoms with Crippen molar-refractivity contribution in [2.45, 2.75) is 45.7 Å². The van der Waals surface area contributed by atoms with E-state index in [0.29, 0.717) is 11.5 Å². The zero-order valence-corrected chi connectivity index (χ0v) is 14.2. The third-order valence-corrected chi connectivity index (χ3v) is 4.85. The van der Waals surface area contributed by atoms with Gasteiger partial charge in [0, 0.05) is 5.38 Å². The topological polar surface area (TPSA) is 75.4 Å². The number of nitrogens with one attached hydrogen (secondary N) is 1. The van der Waals surface area contributed by atoms with Crippen molar-refractivity contribution in [2.24, 2.45) is 0 Å². The summed E-state index contributed by atoms with van der Waals surface area (Å²) in [6.07, 6.45) is 1.93. The molecule has 1 atom stereocenters. The average Bonchev–Trinajstić information content (AvgIpc) is 3.17. The Kier molecular flexibility index (Phi) is 3.97. The molecule has 0 saturated carbocycles. The molecular formula is C16H19N3O3S. The van der Waals surface area contributed by atoms with Gasteiger partial charge in [-0.15, -0.1) is 11.3 Å². The Hall–Kier alpha value is -2.15. The highest BCUT2D eigenvalue weighted by atomic mass is 32.1. The van der Waals surface area contributed by atoms with E-state index in [2.05, 4.69) is 17.2 Å². The van der Waals surface area contributed by atoms with Gasteiger partial charge in [0.25, 0.3) is 5.91 Å². The molecule has 2 aromatic heterocycles. The lowest BCUT2D eigenvalue weighted by molar-refractivity contribution is -0.132. The molecule has 1 fully saturated rings. The summed E-state index contributed by atoms with van der Waals surface area (Å²) in [4.78, 5) is 30.7. The maximum Gasteiger partial charge on any atom is 0.325 e. The molecule has 1 aliphatic rings. The summed E-state index contributed by atoms with van der Waals surface area (Å²) in [5.74, 6) is 0.827. The maximum atomic E-state index is 12.7. The summed E-state index contributed by atoms with van der Waals surface area (Å²) in [7, 11) is 0. The first-order chi connectivity index (χ1) is 10.9. The Labute approximate surface area is 138 Å². The van der Waals surface area contributed by atoms with E-state index >= 15 is 0 Å². The second-order valence-electron chi connectivity index (χ2n) is 5.84. The molecule has 6 nitrogen and oxygen atoms in total. The number of aromatic nitrogens is 1. The SMILES string of the molecule is CCCc1nc(CN2C(=O)NC(C)(c3ccc(C)o3)C2=O)cs1. The number of hydrogen-bond acceptors (Lipinski definition) is 5. The Morgan fingerprint density at radius 1 is 1.39 bits per heavy atom. The van der Waals surface area contributed by atoms with Crippen LogP contribution in [0.25, 0.3) is 0 Å². The zero-order valence-electron chi connectivity index (χ0n) is 13.4. The normalized spacial score (nSPS) is 21.1. The molecular weight excluding hydrogens is 314 g/mol. The number of furan rings is 1. The van der Waals surface area contributed by atoms with Crippen molar-refractivity contribution in [3.63, 3.8) is 0 Å². The summed E-state index contributed by atoms with van der Waals surface area (Å²) in [6, 6.07) is 3.08. The quantitative estimate of drug-likeness (QED) is 0.854. The minimum Gasteiger partial charge on any atom is -0.463 e. The van der Waals surface area contributed by atoms with Crippen LogP contribution in [-0.4, -0.2) is 21.8 Å². The lowest BCUT2D eigenvalue weighted by Gasteiger charge is -2.18. The van der Waals surface area contributed by atoms with E-state index in [1.54, 1.807) is 37.3 Å². The van der Waals surface area contributed by atoms with Crippen LogP contribution in [0, 0.1) is 6.92 Å². The maximum absolute atomic E-state index is 12.7. The molecule has 1 saturated heterocycles. The van der Waals surface area contributed by atoms with Gasteiger partial charge >= 0.3 is 6.03 Å². The minimum atomic E-state index is -1.16. The van der Waals surface area contributed by atoms with Gasteiger partial charge < -0.3 is 9.73 Å². The van der Waals surface area contributed by atoms with Gasteiger partial charge in [0.1, 0.15) is 11.5 Å². The molecule has 1 aliphatic heterocycles. The Morgan fingerprint density at radius 2 is 2.17 bits per heavy atom. The van der Waals surface area contributed by atoms with Crippen LogP contribution in [0.4, 0.5) is 4.79 Å². The fraction of sp³-hybridized carbons (Fsp3) is 0.438. The van der Waals surface area contributed by atoms with E-state index in [1.807, 2.05) is 5.38 Å². The fourth-order valence-corrected chi connectivity index (χ4v) is 3.51. The number of urea groups is 1. The molecule has 3 rings (SSSR count). The van der Waals surface area contributed by atoms with Gasteiger partial charge in [-0.3, -0.25) is 9.69 Å². The number of aryl methyl sites for hydroxylation is 2. The van der Waals surface area contributed by atoms with Crippen molar-refractivity contribution in [2.75, 3.05) is 0 Å². The number of imide groups is 1. The molecule has 0 aromatic carbocycles. The van der Waals surface area contributed by atoms with Crippen LogP contribution in [0.2, 0.25) is 0 Å². The predicted octanol–water partition coefficient (Wildman–Crippen LogP) is 2.96. The molecule has 0 aliphatic carbocycles. The number of rotatable bonds is 5. The third kappa shape index (κ3) is 2.76. The van der Waals surface area contributed by atoms with Crippen LogP contribution >= 0.6 is 11.3 Å². The van der Waals surface area contributed by atoms with Crippen LogP contribution < -0.4 is 5.32 Å². The molecule has 1 unspecified atom stereocenters. The third-order valence-electron chi connectivity index (χ3n) is 3.89. The first-order valence-corrected chi connectivity index (χ1v) is 8.46. The van der Waals surface area contributed by atoms with Crippen LogP contribution in [0.5, 0.6) is 0 Å². The highest BCUT2D eigenvalue weighted by Gasteiger charge is 2.51. The molecule has 3 amide bonds. The van der Waals surface area contributed by atoms with Gasteiger partial charge in [-0.25, -0.2) is 9.78 Å². The van der Waals surface area contributed by atoms with Crippen LogP contribution in [-0.2, 0) is 23.3 Å². The van der Waals surface area contributed by atoms with Crippen LogP contribution in [0.1, 0.15) is 42.5 Å². The van der Waals surface area contributed by atoms with Gasteiger partial charge in [-0.1, -0.05) is 6.92 Å². The molecule has 122 valence electrons. The Morgan fingerprint density at radius 3 is 2.83 bits per heavy atom. The number of thiazole rings is 1. The van der Waals surface area contributed by atoms with Crippen molar-refractivity contribution in [1.82, 2.24) is 15.2 Å². The zero-order chi connectivity index (χ0) is 16.6. The molecule has 0 spiro atoms. The molecule has 1 N–H and O–H groups in total. The van der Waals surface area contributed by atoms with Crippen molar-refractivity contribution >= 4 is 23.3 Å². The first kappa shape index (κ1) is 15.7. The smallest absolute Gasteiger partial charge is 0.325 e. The standard InChI is InChI=1S/C16H19N3O3S/c1-4-5-13-17-11(9-23-13)8-19-14(20)16(3,18-15(19)21)12-7-6-10(2)22-12/h6-7,9H,4-5,8H2,1-3H3,(H,18,21). The minimum absolute atomic E-state index is 0.181. The van der Waals surface area contributed by atoms with E-state index in [0.717, 1.165) is 23.5 Å². The van der Waals surface area contributed by atoms with Crippen LogP contribution in [0.15, 0.2) is 21.9 Å². The summed E-state index contributed by atoms with van der Waals surface area (Å²) in [5.41, 5.74) is -0.421.